The van der Waals surface area contributed by atoms with Crippen molar-refractivity contribution in [2.45, 2.75) is 44.9 Å². The second-order valence-electron chi connectivity index (χ2n) is 5.34. The fraction of sp³-hybridized carbons (Fsp3) is 0.929. The molecule has 0 aromatic heterocycles. The molecule has 106 valence electrons. The van der Waals surface area contributed by atoms with Gasteiger partial charge in [-0.3, -0.25) is 4.79 Å². The van der Waals surface area contributed by atoms with Gasteiger partial charge in [0, 0.05) is 13.6 Å². The molecule has 0 radical (unpaired) electrons. The number of nitrogens with zero attached hydrogens (tertiary/aromatic N) is 2. The summed E-state index contributed by atoms with van der Waals surface area (Å²) in [6.45, 7) is 4.84. The van der Waals surface area contributed by atoms with Gasteiger partial charge in [0.25, 0.3) is 0 Å². The van der Waals surface area contributed by atoms with E-state index in [2.05, 4.69) is 4.90 Å². The molecule has 4 heteroatoms. The second-order valence-corrected chi connectivity index (χ2v) is 5.34. The number of hydrogen-bond acceptors (Lipinski definition) is 3. The minimum atomic E-state index is 0.0447. The molecule has 0 atom stereocenters. The van der Waals surface area contributed by atoms with Gasteiger partial charge in [0.2, 0.25) is 5.91 Å². The van der Waals surface area contributed by atoms with Gasteiger partial charge in [-0.2, -0.15) is 0 Å². The zero-order valence-corrected chi connectivity index (χ0v) is 11.9. The van der Waals surface area contributed by atoms with Gasteiger partial charge < -0.3 is 15.5 Å². The summed E-state index contributed by atoms with van der Waals surface area (Å²) in [6, 6.07) is 0. The summed E-state index contributed by atoms with van der Waals surface area (Å²) in [5, 5.41) is 0. The first-order valence-corrected chi connectivity index (χ1v) is 7.40. The van der Waals surface area contributed by atoms with Gasteiger partial charge in [0.05, 0.1) is 6.54 Å². The Kier molecular flexibility index (Phi) is 8.01. The number of likely N-dealkylation sites (N-methyl/N-ethyl adjacent to an activating group) is 1. The topological polar surface area (TPSA) is 49.6 Å². The minimum Gasteiger partial charge on any atom is -0.345 e. The predicted molar refractivity (Wildman–Crippen MR) is 75.5 cm³/mol. The molecule has 18 heavy (non-hydrogen) atoms. The molecular weight excluding hydrogens is 226 g/mol. The van der Waals surface area contributed by atoms with E-state index in [1.807, 2.05) is 7.05 Å². The van der Waals surface area contributed by atoms with Crippen molar-refractivity contribution in [2.24, 2.45) is 5.73 Å². The lowest BCUT2D eigenvalue weighted by Crippen LogP contribution is -2.33. The van der Waals surface area contributed by atoms with Crippen LogP contribution in [0.5, 0.6) is 0 Å². The van der Waals surface area contributed by atoms with Crippen LogP contribution in [0.4, 0.5) is 0 Å². The normalized spacial score (nSPS) is 16.8. The van der Waals surface area contributed by atoms with E-state index >= 15 is 0 Å². The fourth-order valence-corrected chi connectivity index (χ4v) is 2.50. The molecule has 1 rings (SSSR count). The number of carbonyl (C=O) groups excluding carboxylic acids is 1. The third-order valence-electron chi connectivity index (χ3n) is 3.77. The molecule has 0 aliphatic carbocycles. The highest BCUT2D eigenvalue weighted by atomic mass is 16.2. The fourth-order valence-electron chi connectivity index (χ4n) is 2.50. The maximum Gasteiger partial charge on any atom is 0.236 e. The number of hydrogen-bond donors (Lipinski definition) is 1. The maximum absolute atomic E-state index is 11.2. The van der Waals surface area contributed by atoms with E-state index in [1.165, 1.54) is 58.2 Å². The number of amides is 1. The van der Waals surface area contributed by atoms with Crippen molar-refractivity contribution in [3.05, 3.63) is 0 Å². The molecule has 1 fully saturated rings. The van der Waals surface area contributed by atoms with E-state index in [0.717, 1.165) is 13.0 Å². The lowest BCUT2D eigenvalue weighted by atomic mass is 10.1. The van der Waals surface area contributed by atoms with E-state index in [1.54, 1.807) is 4.90 Å². The van der Waals surface area contributed by atoms with Gasteiger partial charge in [0.1, 0.15) is 0 Å². The quantitative estimate of drug-likeness (QED) is 0.668. The van der Waals surface area contributed by atoms with Crippen LogP contribution in [-0.2, 0) is 4.79 Å². The van der Waals surface area contributed by atoms with Crippen molar-refractivity contribution in [1.82, 2.24) is 9.80 Å². The van der Waals surface area contributed by atoms with E-state index < -0.39 is 0 Å². The third kappa shape index (κ3) is 6.36. The summed E-state index contributed by atoms with van der Waals surface area (Å²) in [7, 11) is 1.84. The Morgan fingerprint density at radius 2 is 1.78 bits per heavy atom. The van der Waals surface area contributed by atoms with Crippen LogP contribution in [0.2, 0.25) is 0 Å². The summed E-state index contributed by atoms with van der Waals surface area (Å²) in [4.78, 5) is 15.6. The van der Waals surface area contributed by atoms with Crippen molar-refractivity contribution in [2.75, 3.05) is 39.8 Å². The van der Waals surface area contributed by atoms with Crippen molar-refractivity contribution >= 4 is 5.91 Å². The van der Waals surface area contributed by atoms with Gasteiger partial charge >= 0.3 is 0 Å². The summed E-state index contributed by atoms with van der Waals surface area (Å²) in [6.07, 6.45) is 9.07. The first-order chi connectivity index (χ1) is 8.74. The summed E-state index contributed by atoms with van der Waals surface area (Å²) < 4.78 is 0. The molecule has 2 N–H and O–H groups in total. The van der Waals surface area contributed by atoms with E-state index in [-0.39, 0.29) is 12.5 Å². The number of carbonyl (C=O) groups is 1. The van der Waals surface area contributed by atoms with Crippen LogP contribution in [0.15, 0.2) is 0 Å². The molecule has 1 heterocycles. The number of unbranched alkanes of at least 4 members (excludes halogenated alkanes) is 3. The predicted octanol–water partition coefficient (Wildman–Crippen LogP) is 1.45. The highest BCUT2D eigenvalue weighted by Crippen LogP contribution is 2.10. The Hall–Kier alpha value is -0.610. The lowest BCUT2D eigenvalue weighted by Gasteiger charge is -2.26. The summed E-state index contributed by atoms with van der Waals surface area (Å²) in [5.74, 6) is 0.0447. The molecule has 0 saturated carbocycles. The summed E-state index contributed by atoms with van der Waals surface area (Å²) in [5.41, 5.74) is 5.31. The zero-order chi connectivity index (χ0) is 13.2. The molecule has 1 saturated heterocycles. The lowest BCUT2D eigenvalue weighted by molar-refractivity contribution is -0.128. The second kappa shape index (κ2) is 9.34. The van der Waals surface area contributed by atoms with Crippen LogP contribution in [0, 0.1) is 0 Å². The molecule has 4 nitrogen and oxygen atoms in total. The Morgan fingerprint density at radius 3 is 2.44 bits per heavy atom. The summed E-state index contributed by atoms with van der Waals surface area (Å²) >= 11 is 0. The largest absolute Gasteiger partial charge is 0.345 e. The van der Waals surface area contributed by atoms with Gasteiger partial charge in [-0.05, 0) is 45.3 Å². The Morgan fingerprint density at radius 1 is 1.11 bits per heavy atom. The van der Waals surface area contributed by atoms with Crippen molar-refractivity contribution in [1.29, 1.82) is 0 Å². The highest BCUT2D eigenvalue weighted by Gasteiger charge is 2.09. The average Bonchev–Trinajstić information content (AvgIpc) is 2.42. The van der Waals surface area contributed by atoms with Crippen LogP contribution >= 0.6 is 0 Å². The molecule has 0 aromatic carbocycles. The minimum absolute atomic E-state index is 0.0447. The van der Waals surface area contributed by atoms with E-state index in [0.29, 0.717) is 0 Å². The molecular formula is C14H29N3O. The average molecular weight is 255 g/mol. The molecule has 0 bridgehead atoms. The number of rotatable bonds is 8. The number of likely N-dealkylation sites (tertiary alicyclic amines) is 1. The van der Waals surface area contributed by atoms with E-state index in [4.69, 9.17) is 5.73 Å². The standard InChI is InChI=1S/C14H29N3O/c1-16(14(18)13-15)9-5-2-3-6-10-17-11-7-4-8-12-17/h2-13,15H2,1H3. The Balaban J connectivity index is 1.90. The van der Waals surface area contributed by atoms with E-state index in [9.17, 15) is 4.79 Å². The number of nitrogens with two attached hydrogens (primary N) is 1. The van der Waals surface area contributed by atoms with Crippen molar-refractivity contribution in [3.63, 3.8) is 0 Å². The number of piperidine rings is 1. The van der Waals surface area contributed by atoms with Crippen LogP contribution in [0.1, 0.15) is 44.9 Å². The maximum atomic E-state index is 11.2. The molecule has 0 aromatic rings. The van der Waals surface area contributed by atoms with Crippen molar-refractivity contribution in [3.8, 4) is 0 Å². The smallest absolute Gasteiger partial charge is 0.236 e. The van der Waals surface area contributed by atoms with Crippen LogP contribution in [0.25, 0.3) is 0 Å². The van der Waals surface area contributed by atoms with Crippen LogP contribution in [-0.4, -0.2) is 55.5 Å². The van der Waals surface area contributed by atoms with Gasteiger partial charge in [-0.25, -0.2) is 0 Å². The third-order valence-corrected chi connectivity index (χ3v) is 3.77. The molecule has 0 spiro atoms. The molecule has 0 unspecified atom stereocenters. The SMILES string of the molecule is CN(CCCCCCN1CCCCC1)C(=O)CN. The monoisotopic (exact) mass is 255 g/mol. The molecule has 1 amide bonds. The first kappa shape index (κ1) is 15.4. The first-order valence-electron chi connectivity index (χ1n) is 7.40. The zero-order valence-electron chi connectivity index (χ0n) is 11.9. The Bertz CT molecular complexity index is 227. The van der Waals surface area contributed by atoms with Crippen LogP contribution in [0.3, 0.4) is 0 Å². The van der Waals surface area contributed by atoms with Gasteiger partial charge in [-0.15, -0.1) is 0 Å². The molecule has 1 aliphatic rings. The van der Waals surface area contributed by atoms with Crippen molar-refractivity contribution < 1.29 is 4.79 Å². The van der Waals surface area contributed by atoms with Crippen LogP contribution < -0.4 is 5.73 Å². The molecule has 1 aliphatic heterocycles. The highest BCUT2D eigenvalue weighted by molar-refractivity contribution is 5.77. The van der Waals surface area contributed by atoms with Gasteiger partial charge in [-0.1, -0.05) is 19.3 Å². The van der Waals surface area contributed by atoms with Gasteiger partial charge in [0.15, 0.2) is 0 Å². The Labute approximate surface area is 111 Å².